The first kappa shape index (κ1) is 13.9. The highest BCUT2D eigenvalue weighted by molar-refractivity contribution is 9.10. The molecular formula is C15H15BrFNO. The number of rotatable bonds is 3. The average molecular weight is 324 g/mol. The Bertz CT molecular complexity index is 590. The Morgan fingerprint density at radius 1 is 1.16 bits per heavy atom. The molecule has 0 amide bonds. The van der Waals surface area contributed by atoms with E-state index in [1.165, 1.54) is 6.07 Å². The zero-order valence-corrected chi connectivity index (χ0v) is 12.4. The molecule has 100 valence electrons. The van der Waals surface area contributed by atoms with Crippen molar-refractivity contribution in [1.82, 2.24) is 0 Å². The Morgan fingerprint density at radius 2 is 1.79 bits per heavy atom. The lowest BCUT2D eigenvalue weighted by Crippen LogP contribution is -2.02. The van der Waals surface area contributed by atoms with Gasteiger partial charge in [0.25, 0.3) is 0 Å². The molecular weight excluding hydrogens is 309 g/mol. The van der Waals surface area contributed by atoms with E-state index in [-0.39, 0.29) is 12.4 Å². The summed E-state index contributed by atoms with van der Waals surface area (Å²) >= 11 is 3.32. The van der Waals surface area contributed by atoms with Crippen LogP contribution in [0.25, 0.3) is 0 Å². The van der Waals surface area contributed by atoms with Gasteiger partial charge >= 0.3 is 0 Å². The largest absolute Gasteiger partial charge is 0.488 e. The van der Waals surface area contributed by atoms with Crippen molar-refractivity contribution in [1.29, 1.82) is 0 Å². The lowest BCUT2D eigenvalue weighted by Gasteiger charge is -2.13. The summed E-state index contributed by atoms with van der Waals surface area (Å²) in [5.41, 5.74) is 8.88. The van der Waals surface area contributed by atoms with E-state index >= 15 is 0 Å². The Labute approximate surface area is 120 Å². The highest BCUT2D eigenvalue weighted by atomic mass is 79.9. The van der Waals surface area contributed by atoms with Crippen LogP contribution in [0.5, 0.6) is 5.75 Å². The quantitative estimate of drug-likeness (QED) is 0.851. The standard InChI is InChI=1S/C15H15BrFNO/c1-9-5-13(18)6-10(2)15(9)19-8-11-7-12(16)3-4-14(11)17/h3-7H,8,18H2,1-2H3. The Kier molecular flexibility index (Phi) is 4.10. The third-order valence-corrected chi connectivity index (χ3v) is 3.36. The molecule has 0 atom stereocenters. The van der Waals surface area contributed by atoms with Gasteiger partial charge in [0.15, 0.2) is 0 Å². The van der Waals surface area contributed by atoms with Crippen LogP contribution >= 0.6 is 15.9 Å². The van der Waals surface area contributed by atoms with Crippen LogP contribution in [0, 0.1) is 19.7 Å². The van der Waals surface area contributed by atoms with Crippen molar-refractivity contribution in [3.63, 3.8) is 0 Å². The molecule has 0 unspecified atom stereocenters. The van der Waals surface area contributed by atoms with Gasteiger partial charge in [-0.05, 0) is 55.3 Å². The second-order valence-corrected chi connectivity index (χ2v) is 5.42. The minimum atomic E-state index is -0.269. The SMILES string of the molecule is Cc1cc(N)cc(C)c1OCc1cc(Br)ccc1F. The van der Waals surface area contributed by atoms with E-state index in [9.17, 15) is 4.39 Å². The summed E-state index contributed by atoms with van der Waals surface area (Å²) in [5.74, 6) is 0.488. The van der Waals surface area contributed by atoms with Crippen LogP contribution in [-0.2, 0) is 6.61 Å². The first-order valence-electron chi connectivity index (χ1n) is 5.91. The molecule has 2 N–H and O–H groups in total. The van der Waals surface area contributed by atoms with E-state index < -0.39 is 0 Å². The number of halogens is 2. The summed E-state index contributed by atoms with van der Waals surface area (Å²) in [4.78, 5) is 0. The highest BCUT2D eigenvalue weighted by Gasteiger charge is 2.08. The number of aryl methyl sites for hydroxylation is 2. The molecule has 4 heteroatoms. The van der Waals surface area contributed by atoms with Gasteiger partial charge in [-0.25, -0.2) is 4.39 Å². The van der Waals surface area contributed by atoms with E-state index in [2.05, 4.69) is 15.9 Å². The number of anilines is 1. The Balaban J connectivity index is 2.21. The third-order valence-electron chi connectivity index (χ3n) is 2.86. The van der Waals surface area contributed by atoms with Crippen LogP contribution in [0.2, 0.25) is 0 Å². The second-order valence-electron chi connectivity index (χ2n) is 4.51. The van der Waals surface area contributed by atoms with Crippen LogP contribution in [0.15, 0.2) is 34.8 Å². The summed E-state index contributed by atoms with van der Waals surface area (Å²) in [7, 11) is 0. The smallest absolute Gasteiger partial charge is 0.129 e. The van der Waals surface area contributed by atoms with Crippen molar-refractivity contribution < 1.29 is 9.13 Å². The molecule has 0 bridgehead atoms. The number of hydrogen-bond acceptors (Lipinski definition) is 2. The zero-order valence-electron chi connectivity index (χ0n) is 10.8. The van der Waals surface area contributed by atoms with Gasteiger partial charge in [0.2, 0.25) is 0 Å². The van der Waals surface area contributed by atoms with Gasteiger partial charge in [-0.1, -0.05) is 15.9 Å². The van der Waals surface area contributed by atoms with Gasteiger partial charge in [0.05, 0.1) is 0 Å². The summed E-state index contributed by atoms with van der Waals surface area (Å²) < 4.78 is 20.2. The van der Waals surface area contributed by atoms with Crippen molar-refractivity contribution in [2.24, 2.45) is 0 Å². The first-order chi connectivity index (χ1) is 8.97. The molecule has 19 heavy (non-hydrogen) atoms. The van der Waals surface area contributed by atoms with Gasteiger partial charge in [0.1, 0.15) is 18.2 Å². The van der Waals surface area contributed by atoms with Gasteiger partial charge in [-0.3, -0.25) is 0 Å². The van der Waals surface area contributed by atoms with Gasteiger partial charge in [-0.15, -0.1) is 0 Å². The monoisotopic (exact) mass is 323 g/mol. The molecule has 0 heterocycles. The van der Waals surface area contributed by atoms with Crippen LogP contribution in [0.4, 0.5) is 10.1 Å². The summed E-state index contributed by atoms with van der Waals surface area (Å²) in [6.45, 7) is 4.04. The van der Waals surface area contributed by atoms with Crippen LogP contribution in [-0.4, -0.2) is 0 Å². The topological polar surface area (TPSA) is 35.2 Å². The number of hydrogen-bond donors (Lipinski definition) is 1. The van der Waals surface area contributed by atoms with Gasteiger partial charge in [0, 0.05) is 15.7 Å². The number of nitrogens with two attached hydrogens (primary N) is 1. The van der Waals surface area contributed by atoms with Crippen molar-refractivity contribution in [2.45, 2.75) is 20.5 Å². The predicted octanol–water partition coefficient (Wildman–Crippen LogP) is 4.37. The molecule has 0 aromatic heterocycles. The lowest BCUT2D eigenvalue weighted by atomic mass is 10.1. The van der Waals surface area contributed by atoms with Crippen LogP contribution in [0.3, 0.4) is 0 Å². The predicted molar refractivity (Wildman–Crippen MR) is 78.8 cm³/mol. The van der Waals surface area contributed by atoms with Gasteiger partial charge < -0.3 is 10.5 Å². The molecule has 0 aliphatic carbocycles. The van der Waals surface area contributed by atoms with Crippen molar-refractivity contribution in [2.75, 3.05) is 5.73 Å². The maximum absolute atomic E-state index is 13.6. The Hall–Kier alpha value is -1.55. The Morgan fingerprint density at radius 3 is 2.42 bits per heavy atom. The summed E-state index contributed by atoms with van der Waals surface area (Å²) in [5, 5.41) is 0. The van der Waals surface area contributed by atoms with Crippen LogP contribution < -0.4 is 10.5 Å². The van der Waals surface area contributed by atoms with E-state index in [4.69, 9.17) is 10.5 Å². The van der Waals surface area contributed by atoms with Gasteiger partial charge in [-0.2, -0.15) is 0 Å². The molecule has 2 aromatic rings. The van der Waals surface area contributed by atoms with Crippen molar-refractivity contribution in [3.05, 3.63) is 57.3 Å². The normalized spacial score (nSPS) is 10.5. The molecule has 2 nitrogen and oxygen atoms in total. The fourth-order valence-electron chi connectivity index (χ4n) is 2.02. The van der Waals surface area contributed by atoms with Crippen molar-refractivity contribution >= 4 is 21.6 Å². The lowest BCUT2D eigenvalue weighted by molar-refractivity contribution is 0.296. The number of benzene rings is 2. The minimum Gasteiger partial charge on any atom is -0.488 e. The van der Waals surface area contributed by atoms with E-state index in [1.54, 1.807) is 12.1 Å². The fourth-order valence-corrected chi connectivity index (χ4v) is 2.42. The third kappa shape index (κ3) is 3.26. The summed E-state index contributed by atoms with van der Waals surface area (Å²) in [6, 6.07) is 8.50. The molecule has 0 spiro atoms. The zero-order chi connectivity index (χ0) is 14.0. The molecule has 0 radical (unpaired) electrons. The number of nitrogen functional groups attached to an aromatic ring is 1. The number of ether oxygens (including phenoxy) is 1. The van der Waals surface area contributed by atoms with Crippen molar-refractivity contribution in [3.8, 4) is 5.75 Å². The van der Waals surface area contributed by atoms with E-state index in [0.717, 1.165) is 21.3 Å². The fraction of sp³-hybridized carbons (Fsp3) is 0.200. The average Bonchev–Trinajstić information content (AvgIpc) is 2.32. The first-order valence-corrected chi connectivity index (χ1v) is 6.70. The van der Waals surface area contributed by atoms with E-state index in [1.807, 2.05) is 26.0 Å². The molecule has 0 aliphatic rings. The van der Waals surface area contributed by atoms with E-state index in [0.29, 0.717) is 11.3 Å². The maximum Gasteiger partial charge on any atom is 0.129 e. The molecule has 0 aliphatic heterocycles. The molecule has 0 saturated carbocycles. The second kappa shape index (κ2) is 5.61. The summed E-state index contributed by atoms with van der Waals surface area (Å²) in [6.07, 6.45) is 0. The molecule has 0 saturated heterocycles. The van der Waals surface area contributed by atoms with Crippen LogP contribution in [0.1, 0.15) is 16.7 Å². The minimum absolute atomic E-state index is 0.191. The molecule has 2 aromatic carbocycles. The highest BCUT2D eigenvalue weighted by Crippen LogP contribution is 2.27. The molecule has 2 rings (SSSR count). The maximum atomic E-state index is 13.6. The molecule has 0 fully saturated rings.